The van der Waals surface area contributed by atoms with Gasteiger partial charge in [-0.15, -0.1) is 0 Å². The number of benzene rings is 1. The number of nitrogens with zero attached hydrogens (tertiary/aromatic N) is 2. The zero-order valence-corrected chi connectivity index (χ0v) is 19.1. The number of halogens is 2. The minimum atomic E-state index is -0.866. The van der Waals surface area contributed by atoms with Crippen LogP contribution in [0.25, 0.3) is 0 Å². The quantitative estimate of drug-likeness (QED) is 0.447. The first-order chi connectivity index (χ1) is 15.9. The smallest absolute Gasteiger partial charge is 0.319 e. The summed E-state index contributed by atoms with van der Waals surface area (Å²) in [5.41, 5.74) is 5.52. The van der Waals surface area contributed by atoms with Gasteiger partial charge in [0.2, 0.25) is 5.88 Å². The van der Waals surface area contributed by atoms with Crippen LogP contribution in [0.1, 0.15) is 34.8 Å². The highest BCUT2D eigenvalue weighted by Gasteiger charge is 2.22. The van der Waals surface area contributed by atoms with Crippen LogP contribution in [-0.2, 0) is 17.8 Å². The molecule has 0 spiro atoms. The molecule has 1 fully saturated rings. The third-order valence-electron chi connectivity index (χ3n) is 5.14. The van der Waals surface area contributed by atoms with E-state index in [0.29, 0.717) is 26.2 Å². The van der Waals surface area contributed by atoms with Crippen molar-refractivity contribution in [3.63, 3.8) is 0 Å². The van der Waals surface area contributed by atoms with E-state index in [4.69, 9.17) is 15.2 Å². The van der Waals surface area contributed by atoms with Gasteiger partial charge in [0.1, 0.15) is 28.8 Å². The van der Waals surface area contributed by atoms with Crippen molar-refractivity contribution in [1.82, 2.24) is 14.6 Å². The van der Waals surface area contributed by atoms with Crippen LogP contribution in [0.15, 0.2) is 12.1 Å². The fourth-order valence-electron chi connectivity index (χ4n) is 3.31. The molecule has 4 N–H and O–H groups in total. The highest BCUT2D eigenvalue weighted by atomic mass is 32.1. The molecule has 180 valence electrons. The molecule has 0 atom stereocenters. The Hall–Kier alpha value is -2.83. The van der Waals surface area contributed by atoms with Gasteiger partial charge in [0.15, 0.2) is 0 Å². The Kier molecular flexibility index (Phi) is 8.92. The number of amides is 3. The predicted octanol–water partition coefficient (Wildman–Crippen LogP) is 2.51. The molecular weight excluding hydrogens is 456 g/mol. The van der Waals surface area contributed by atoms with Gasteiger partial charge in [-0.2, -0.15) is 4.37 Å². The number of aromatic nitrogens is 1. The Balaban J connectivity index is 1.55. The molecule has 0 radical (unpaired) electrons. The molecule has 3 amide bonds. The van der Waals surface area contributed by atoms with E-state index < -0.39 is 23.6 Å². The molecule has 1 aromatic carbocycles. The van der Waals surface area contributed by atoms with E-state index in [-0.39, 0.29) is 34.2 Å². The predicted molar refractivity (Wildman–Crippen MR) is 120 cm³/mol. The van der Waals surface area contributed by atoms with Gasteiger partial charge in [-0.05, 0) is 48.6 Å². The maximum absolute atomic E-state index is 14.2. The molecule has 0 aliphatic carbocycles. The van der Waals surface area contributed by atoms with Crippen LogP contribution in [0.5, 0.6) is 5.88 Å². The number of morpholine rings is 1. The van der Waals surface area contributed by atoms with Gasteiger partial charge < -0.3 is 20.5 Å². The number of nitrogens with two attached hydrogens (primary N) is 1. The van der Waals surface area contributed by atoms with E-state index in [0.717, 1.165) is 49.7 Å². The van der Waals surface area contributed by atoms with Gasteiger partial charge in [-0.25, -0.2) is 13.6 Å². The Morgan fingerprint density at radius 2 is 1.94 bits per heavy atom. The molecule has 0 unspecified atom stereocenters. The van der Waals surface area contributed by atoms with E-state index in [9.17, 15) is 18.4 Å². The lowest BCUT2D eigenvalue weighted by molar-refractivity contribution is 0.0375. The number of primary amides is 1. The van der Waals surface area contributed by atoms with Crippen LogP contribution in [0.3, 0.4) is 0 Å². The highest BCUT2D eigenvalue weighted by molar-refractivity contribution is 7.11. The number of carbonyl (C=O) groups is 2. The van der Waals surface area contributed by atoms with Crippen molar-refractivity contribution in [2.24, 2.45) is 5.73 Å². The largest absolute Gasteiger partial charge is 0.471 e. The zero-order chi connectivity index (χ0) is 23.8. The molecule has 0 bridgehead atoms. The molecule has 33 heavy (non-hydrogen) atoms. The third-order valence-corrected chi connectivity index (χ3v) is 5.88. The third kappa shape index (κ3) is 6.83. The van der Waals surface area contributed by atoms with Crippen molar-refractivity contribution in [2.75, 3.05) is 44.7 Å². The average molecular weight is 484 g/mol. The summed E-state index contributed by atoms with van der Waals surface area (Å²) in [5.74, 6) is -2.19. The number of carbonyl (C=O) groups excluding carboxylic acids is 2. The molecule has 2 heterocycles. The van der Waals surface area contributed by atoms with E-state index >= 15 is 0 Å². The minimum absolute atomic E-state index is 0.0272. The maximum atomic E-state index is 14.2. The maximum Gasteiger partial charge on any atom is 0.319 e. The summed E-state index contributed by atoms with van der Waals surface area (Å²) in [6.07, 6.45) is 1.11. The fraction of sp³-hybridized carbons (Fsp3) is 0.476. The van der Waals surface area contributed by atoms with Gasteiger partial charge in [0.05, 0.1) is 13.2 Å². The lowest BCUT2D eigenvalue weighted by Crippen LogP contribution is -2.38. The van der Waals surface area contributed by atoms with E-state index in [1.807, 2.05) is 0 Å². The molecule has 12 heteroatoms. The van der Waals surface area contributed by atoms with Crippen molar-refractivity contribution in [3.05, 3.63) is 40.5 Å². The summed E-state index contributed by atoms with van der Waals surface area (Å²) in [6.45, 7) is 5.81. The second-order valence-corrected chi connectivity index (χ2v) is 8.20. The lowest BCUT2D eigenvalue weighted by Gasteiger charge is -2.26. The molecule has 1 aliphatic rings. The number of hydrogen-bond donors (Lipinski definition) is 3. The summed E-state index contributed by atoms with van der Waals surface area (Å²) in [6, 6.07) is 1.65. The Labute approximate surface area is 194 Å². The number of hydrogen-bond acceptors (Lipinski definition) is 7. The van der Waals surface area contributed by atoms with Crippen LogP contribution < -0.4 is 21.1 Å². The van der Waals surface area contributed by atoms with E-state index in [1.54, 1.807) is 6.92 Å². The Bertz CT molecular complexity index is 982. The minimum Gasteiger partial charge on any atom is -0.471 e. The molecule has 0 saturated carbocycles. The summed E-state index contributed by atoms with van der Waals surface area (Å²) in [7, 11) is 0. The van der Waals surface area contributed by atoms with Crippen LogP contribution in [0, 0.1) is 11.6 Å². The topological polar surface area (TPSA) is 119 Å². The van der Waals surface area contributed by atoms with Crippen LogP contribution >= 0.6 is 11.5 Å². The highest BCUT2D eigenvalue weighted by Crippen LogP contribution is 2.31. The first-order valence-electron chi connectivity index (χ1n) is 10.6. The van der Waals surface area contributed by atoms with Gasteiger partial charge in [-0.3, -0.25) is 15.0 Å². The van der Waals surface area contributed by atoms with Crippen LogP contribution in [0.2, 0.25) is 0 Å². The molecule has 3 rings (SSSR count). The number of anilines is 1. The van der Waals surface area contributed by atoms with Gasteiger partial charge >= 0.3 is 6.03 Å². The van der Waals surface area contributed by atoms with Crippen molar-refractivity contribution < 1.29 is 27.8 Å². The normalized spacial score (nSPS) is 14.2. The van der Waals surface area contributed by atoms with Gasteiger partial charge in [-0.1, -0.05) is 6.92 Å². The molecule has 2 aromatic rings. The second kappa shape index (κ2) is 11.9. The molecule has 1 aliphatic heterocycles. The number of rotatable bonds is 10. The summed E-state index contributed by atoms with van der Waals surface area (Å²) in [5, 5.41) is 5.36. The second-order valence-electron chi connectivity index (χ2n) is 7.42. The first kappa shape index (κ1) is 24.8. The zero-order valence-electron chi connectivity index (χ0n) is 18.3. The monoisotopic (exact) mass is 483 g/mol. The standard InChI is InChI=1S/C21H27F2N5O4S/c1-2-13-10-16(23)14(11-15(13)22)12-32-19-17(18(24)29)20(33-27-19)26-21(30)25-4-3-5-28-6-8-31-9-7-28/h10-11H,2-9,12H2,1H3,(H2,24,29)(H2,25,26,30). The van der Waals surface area contributed by atoms with E-state index in [2.05, 4.69) is 19.9 Å². The van der Waals surface area contributed by atoms with Crippen molar-refractivity contribution in [1.29, 1.82) is 0 Å². The van der Waals surface area contributed by atoms with Crippen molar-refractivity contribution in [2.45, 2.75) is 26.4 Å². The van der Waals surface area contributed by atoms with Gasteiger partial charge in [0, 0.05) is 25.2 Å². The van der Waals surface area contributed by atoms with Crippen molar-refractivity contribution >= 4 is 28.5 Å². The molecule has 9 nitrogen and oxygen atoms in total. The first-order valence-corrected chi connectivity index (χ1v) is 11.4. The SMILES string of the molecule is CCc1cc(F)c(COc2nsc(NC(=O)NCCCN3CCOCC3)c2C(N)=O)cc1F. The average Bonchev–Trinajstić information content (AvgIpc) is 3.20. The lowest BCUT2D eigenvalue weighted by atomic mass is 10.1. The fourth-order valence-corrected chi connectivity index (χ4v) is 4.05. The van der Waals surface area contributed by atoms with Crippen LogP contribution in [0.4, 0.5) is 18.6 Å². The molecule has 1 aromatic heterocycles. The number of urea groups is 1. The van der Waals surface area contributed by atoms with Crippen LogP contribution in [-0.4, -0.2) is 60.6 Å². The summed E-state index contributed by atoms with van der Waals surface area (Å²) in [4.78, 5) is 26.4. The molecule has 1 saturated heterocycles. The van der Waals surface area contributed by atoms with E-state index in [1.165, 1.54) is 0 Å². The van der Waals surface area contributed by atoms with Crippen molar-refractivity contribution in [3.8, 4) is 5.88 Å². The summed E-state index contributed by atoms with van der Waals surface area (Å²) >= 11 is 0.806. The van der Waals surface area contributed by atoms with Gasteiger partial charge in [0.25, 0.3) is 5.91 Å². The number of aryl methyl sites for hydroxylation is 1. The Morgan fingerprint density at radius 1 is 1.24 bits per heavy atom. The summed E-state index contributed by atoms with van der Waals surface area (Å²) < 4.78 is 42.9. The number of ether oxygens (including phenoxy) is 2. The molecular formula is C21H27F2N5O4S. The number of nitrogens with one attached hydrogen (secondary N) is 2. The Morgan fingerprint density at radius 3 is 2.64 bits per heavy atom.